The van der Waals surface area contributed by atoms with Gasteiger partial charge in [0.15, 0.2) is 0 Å². The maximum atomic E-state index is 5.90. The number of piperidine rings is 1. The predicted octanol–water partition coefficient (Wildman–Crippen LogP) is 1.89. The number of methoxy groups -OCH3 is 1. The van der Waals surface area contributed by atoms with Crippen molar-refractivity contribution in [2.75, 3.05) is 53.6 Å². The van der Waals surface area contributed by atoms with Crippen LogP contribution in [0, 0.1) is 0 Å². The molecule has 0 atom stereocenters. The van der Waals surface area contributed by atoms with Crippen LogP contribution in [0.25, 0.3) is 0 Å². The Morgan fingerprint density at radius 1 is 1.00 bits per heavy atom. The van der Waals surface area contributed by atoms with E-state index in [4.69, 9.17) is 9.47 Å². The number of ether oxygens (including phenoxy) is 2. The van der Waals surface area contributed by atoms with Crippen LogP contribution in [-0.2, 0) is 9.47 Å². The largest absolute Gasteiger partial charge is 0.383 e. The highest BCUT2D eigenvalue weighted by Crippen LogP contribution is 2.09. The second-order valence-electron chi connectivity index (χ2n) is 5.53. The number of nitrogens with zero attached hydrogens (tertiary/aromatic N) is 1. The molecule has 114 valence electrons. The lowest BCUT2D eigenvalue weighted by Crippen LogP contribution is -2.32. The maximum Gasteiger partial charge on any atom is 0.0599 e. The van der Waals surface area contributed by atoms with Crippen LogP contribution >= 0.6 is 0 Å². The van der Waals surface area contributed by atoms with Crippen molar-refractivity contribution < 1.29 is 9.47 Å². The molecule has 0 bridgehead atoms. The number of hydrogen-bond acceptors (Lipinski definition) is 4. The van der Waals surface area contributed by atoms with Gasteiger partial charge in [-0.05, 0) is 52.4 Å². The molecule has 1 rings (SSSR count). The molecule has 4 nitrogen and oxygen atoms in total. The van der Waals surface area contributed by atoms with Crippen molar-refractivity contribution in [3.8, 4) is 0 Å². The SMILES string of the molecule is COCCN(C)CCCCCCOC1CCNCC1. The van der Waals surface area contributed by atoms with Gasteiger partial charge in [-0.3, -0.25) is 0 Å². The summed E-state index contributed by atoms with van der Waals surface area (Å²) in [5.74, 6) is 0. The van der Waals surface area contributed by atoms with Gasteiger partial charge in [0, 0.05) is 20.3 Å². The van der Waals surface area contributed by atoms with E-state index < -0.39 is 0 Å². The van der Waals surface area contributed by atoms with Gasteiger partial charge >= 0.3 is 0 Å². The molecule has 4 heteroatoms. The topological polar surface area (TPSA) is 33.7 Å². The van der Waals surface area contributed by atoms with Crippen LogP contribution in [0.5, 0.6) is 0 Å². The molecule has 0 amide bonds. The van der Waals surface area contributed by atoms with Crippen LogP contribution in [0.4, 0.5) is 0 Å². The molecule has 19 heavy (non-hydrogen) atoms. The summed E-state index contributed by atoms with van der Waals surface area (Å²) in [4.78, 5) is 2.34. The normalized spacial score (nSPS) is 17.2. The molecule has 0 saturated carbocycles. The fourth-order valence-corrected chi connectivity index (χ4v) is 2.41. The van der Waals surface area contributed by atoms with E-state index in [0.29, 0.717) is 6.10 Å². The smallest absolute Gasteiger partial charge is 0.0599 e. The third-order valence-electron chi connectivity index (χ3n) is 3.75. The van der Waals surface area contributed by atoms with Crippen LogP contribution < -0.4 is 5.32 Å². The number of nitrogens with one attached hydrogen (secondary N) is 1. The number of likely N-dealkylation sites (N-methyl/N-ethyl adjacent to an activating group) is 1. The van der Waals surface area contributed by atoms with Crippen molar-refractivity contribution in [2.45, 2.75) is 44.6 Å². The first-order valence-corrected chi connectivity index (χ1v) is 7.82. The van der Waals surface area contributed by atoms with E-state index in [1.165, 1.54) is 45.1 Å². The number of rotatable bonds is 11. The van der Waals surface area contributed by atoms with Gasteiger partial charge in [0.1, 0.15) is 0 Å². The fourth-order valence-electron chi connectivity index (χ4n) is 2.41. The molecule has 0 unspecified atom stereocenters. The highest BCUT2D eigenvalue weighted by molar-refractivity contribution is 4.67. The molecule has 0 spiro atoms. The van der Waals surface area contributed by atoms with Crippen molar-refractivity contribution in [2.24, 2.45) is 0 Å². The van der Waals surface area contributed by atoms with Crippen molar-refractivity contribution >= 4 is 0 Å². The Labute approximate surface area is 118 Å². The monoisotopic (exact) mass is 272 g/mol. The van der Waals surface area contributed by atoms with E-state index in [9.17, 15) is 0 Å². The van der Waals surface area contributed by atoms with Gasteiger partial charge < -0.3 is 19.7 Å². The molecular weight excluding hydrogens is 240 g/mol. The van der Waals surface area contributed by atoms with Crippen LogP contribution in [-0.4, -0.2) is 64.6 Å². The van der Waals surface area contributed by atoms with E-state index >= 15 is 0 Å². The molecule has 1 fully saturated rings. The van der Waals surface area contributed by atoms with Gasteiger partial charge in [-0.25, -0.2) is 0 Å². The van der Waals surface area contributed by atoms with Crippen LogP contribution in [0.2, 0.25) is 0 Å². The molecule has 0 aromatic heterocycles. The van der Waals surface area contributed by atoms with Crippen LogP contribution in [0.1, 0.15) is 38.5 Å². The lowest BCUT2D eigenvalue weighted by atomic mass is 10.1. The minimum absolute atomic E-state index is 0.515. The Bertz CT molecular complexity index is 197. The van der Waals surface area contributed by atoms with Crippen LogP contribution in [0.3, 0.4) is 0 Å². The summed E-state index contributed by atoms with van der Waals surface area (Å²) in [6, 6.07) is 0. The molecule has 0 aromatic rings. The third kappa shape index (κ3) is 9.38. The highest BCUT2D eigenvalue weighted by Gasteiger charge is 2.12. The van der Waals surface area contributed by atoms with Gasteiger partial charge in [-0.1, -0.05) is 12.8 Å². The Hall–Kier alpha value is -0.160. The molecule has 0 aromatic carbocycles. The van der Waals surface area contributed by atoms with Crippen LogP contribution in [0.15, 0.2) is 0 Å². The fraction of sp³-hybridized carbons (Fsp3) is 1.00. The Morgan fingerprint density at radius 3 is 2.47 bits per heavy atom. The average molecular weight is 272 g/mol. The van der Waals surface area contributed by atoms with Gasteiger partial charge in [0.2, 0.25) is 0 Å². The average Bonchev–Trinajstić information content (AvgIpc) is 2.45. The molecule has 1 heterocycles. The van der Waals surface area contributed by atoms with Crippen molar-refractivity contribution in [1.29, 1.82) is 0 Å². The zero-order chi connectivity index (χ0) is 13.8. The number of hydrogen-bond donors (Lipinski definition) is 1. The van der Waals surface area contributed by atoms with E-state index in [-0.39, 0.29) is 0 Å². The summed E-state index contributed by atoms with van der Waals surface area (Å²) in [5, 5.41) is 3.36. The standard InChI is InChI=1S/C15H32N2O2/c1-17(12-14-18-2)11-5-3-4-6-13-19-15-7-9-16-10-8-15/h15-16H,3-14H2,1-2H3. The quantitative estimate of drug-likeness (QED) is 0.582. The Morgan fingerprint density at radius 2 is 1.74 bits per heavy atom. The minimum atomic E-state index is 0.515. The predicted molar refractivity (Wildman–Crippen MR) is 79.7 cm³/mol. The van der Waals surface area contributed by atoms with E-state index in [0.717, 1.165) is 32.8 Å². The number of unbranched alkanes of at least 4 members (excludes halogenated alkanes) is 3. The summed E-state index contributed by atoms with van der Waals surface area (Å²) in [6.07, 6.45) is 7.99. The Balaban J connectivity index is 1.80. The zero-order valence-corrected chi connectivity index (χ0v) is 12.8. The Kier molecular flexibility index (Phi) is 10.4. The van der Waals surface area contributed by atoms with Crippen molar-refractivity contribution in [3.05, 3.63) is 0 Å². The third-order valence-corrected chi connectivity index (χ3v) is 3.75. The second kappa shape index (κ2) is 11.6. The lowest BCUT2D eigenvalue weighted by Gasteiger charge is -2.22. The first-order valence-electron chi connectivity index (χ1n) is 7.82. The summed E-state index contributed by atoms with van der Waals surface area (Å²) >= 11 is 0. The molecule has 1 aliphatic rings. The summed E-state index contributed by atoms with van der Waals surface area (Å²) < 4.78 is 11.0. The molecule has 1 N–H and O–H groups in total. The van der Waals surface area contributed by atoms with E-state index in [1.807, 2.05) is 0 Å². The summed E-state index contributed by atoms with van der Waals surface area (Å²) in [6.45, 7) is 6.25. The molecular formula is C15H32N2O2. The molecule has 0 aliphatic carbocycles. The minimum Gasteiger partial charge on any atom is -0.383 e. The summed E-state index contributed by atoms with van der Waals surface area (Å²) in [5.41, 5.74) is 0. The molecule has 1 aliphatic heterocycles. The maximum absolute atomic E-state index is 5.90. The first-order chi connectivity index (χ1) is 9.33. The lowest BCUT2D eigenvalue weighted by molar-refractivity contribution is 0.0307. The van der Waals surface area contributed by atoms with Gasteiger partial charge in [0.05, 0.1) is 12.7 Å². The second-order valence-corrected chi connectivity index (χ2v) is 5.53. The summed E-state index contributed by atoms with van der Waals surface area (Å²) in [7, 11) is 3.93. The zero-order valence-electron chi connectivity index (χ0n) is 12.8. The molecule has 1 saturated heterocycles. The van der Waals surface area contributed by atoms with E-state index in [1.54, 1.807) is 7.11 Å². The highest BCUT2D eigenvalue weighted by atomic mass is 16.5. The first kappa shape index (κ1) is 16.9. The van der Waals surface area contributed by atoms with Crippen molar-refractivity contribution in [1.82, 2.24) is 10.2 Å². The van der Waals surface area contributed by atoms with Crippen molar-refractivity contribution in [3.63, 3.8) is 0 Å². The molecule has 0 radical (unpaired) electrons. The van der Waals surface area contributed by atoms with Gasteiger partial charge in [-0.15, -0.1) is 0 Å². The van der Waals surface area contributed by atoms with Gasteiger partial charge in [-0.2, -0.15) is 0 Å². The van der Waals surface area contributed by atoms with Gasteiger partial charge in [0.25, 0.3) is 0 Å². The van der Waals surface area contributed by atoms with E-state index in [2.05, 4.69) is 17.3 Å².